The molecule has 0 atom stereocenters. The van der Waals surface area contributed by atoms with E-state index in [9.17, 15) is 0 Å². The van der Waals surface area contributed by atoms with Gasteiger partial charge < -0.3 is 5.32 Å². The van der Waals surface area contributed by atoms with Gasteiger partial charge in [-0.25, -0.2) is 4.98 Å². The van der Waals surface area contributed by atoms with Crippen molar-refractivity contribution in [2.75, 3.05) is 11.9 Å². The topological polar surface area (TPSA) is 50.7 Å². The maximum atomic E-state index is 5.91. The molecule has 0 bridgehead atoms. The second kappa shape index (κ2) is 7.41. The molecule has 0 fully saturated rings. The zero-order valence-corrected chi connectivity index (χ0v) is 15.0. The SMILES string of the molecule is CCNc1nnc(SCc2csc(-c3ccc(Cl)cc3)n2)s1. The van der Waals surface area contributed by atoms with E-state index in [1.165, 1.54) is 0 Å². The highest BCUT2D eigenvalue weighted by molar-refractivity contribution is 8.00. The number of thiazole rings is 1. The largest absolute Gasteiger partial charge is 0.360 e. The zero-order valence-electron chi connectivity index (χ0n) is 11.7. The molecule has 22 heavy (non-hydrogen) atoms. The molecular weight excluding hydrogens is 356 g/mol. The first-order valence-corrected chi connectivity index (χ1v) is 9.71. The lowest BCUT2D eigenvalue weighted by Crippen LogP contribution is -1.94. The van der Waals surface area contributed by atoms with Gasteiger partial charge in [0.15, 0.2) is 4.34 Å². The highest BCUT2D eigenvalue weighted by atomic mass is 35.5. The Balaban J connectivity index is 1.62. The van der Waals surface area contributed by atoms with Gasteiger partial charge in [-0.05, 0) is 19.1 Å². The van der Waals surface area contributed by atoms with Gasteiger partial charge in [0.2, 0.25) is 5.13 Å². The van der Waals surface area contributed by atoms with E-state index in [1.807, 2.05) is 31.2 Å². The van der Waals surface area contributed by atoms with Gasteiger partial charge >= 0.3 is 0 Å². The van der Waals surface area contributed by atoms with Crippen molar-refractivity contribution in [3.63, 3.8) is 0 Å². The molecular formula is C14H13ClN4S3. The van der Waals surface area contributed by atoms with Gasteiger partial charge in [-0.3, -0.25) is 0 Å². The van der Waals surface area contributed by atoms with Crippen LogP contribution >= 0.6 is 46.0 Å². The van der Waals surface area contributed by atoms with Crippen LogP contribution in [0.4, 0.5) is 5.13 Å². The minimum absolute atomic E-state index is 0.740. The third kappa shape index (κ3) is 3.98. The molecule has 0 radical (unpaired) electrons. The molecule has 3 rings (SSSR count). The third-order valence-electron chi connectivity index (χ3n) is 2.72. The van der Waals surface area contributed by atoms with Crippen molar-refractivity contribution < 1.29 is 0 Å². The number of hydrogen-bond donors (Lipinski definition) is 1. The van der Waals surface area contributed by atoms with Gasteiger partial charge in [0, 0.05) is 28.3 Å². The number of hydrogen-bond acceptors (Lipinski definition) is 7. The van der Waals surface area contributed by atoms with E-state index in [0.717, 1.165) is 43.1 Å². The number of aromatic nitrogens is 3. The molecule has 0 saturated heterocycles. The van der Waals surface area contributed by atoms with Crippen LogP contribution in [0.1, 0.15) is 12.6 Å². The second-order valence-corrected chi connectivity index (χ2v) is 7.84. The van der Waals surface area contributed by atoms with E-state index in [1.54, 1.807) is 34.4 Å². The van der Waals surface area contributed by atoms with Crippen molar-refractivity contribution in [1.82, 2.24) is 15.2 Å². The van der Waals surface area contributed by atoms with Crippen LogP contribution in [0.2, 0.25) is 5.02 Å². The van der Waals surface area contributed by atoms with E-state index in [0.29, 0.717) is 0 Å². The summed E-state index contributed by atoms with van der Waals surface area (Å²) in [5.74, 6) is 0.796. The number of nitrogens with one attached hydrogen (secondary N) is 1. The average molecular weight is 369 g/mol. The molecule has 0 aliphatic rings. The zero-order chi connectivity index (χ0) is 15.4. The number of anilines is 1. The second-order valence-electron chi connectivity index (χ2n) is 4.34. The molecule has 4 nitrogen and oxygen atoms in total. The van der Waals surface area contributed by atoms with E-state index in [2.05, 4.69) is 25.9 Å². The lowest BCUT2D eigenvalue weighted by molar-refractivity contribution is 1.00. The van der Waals surface area contributed by atoms with Crippen LogP contribution in [0.3, 0.4) is 0 Å². The summed E-state index contributed by atoms with van der Waals surface area (Å²) in [6.45, 7) is 2.90. The number of nitrogens with zero attached hydrogens (tertiary/aromatic N) is 3. The van der Waals surface area contributed by atoms with Crippen LogP contribution in [-0.2, 0) is 5.75 Å². The van der Waals surface area contributed by atoms with Crippen molar-refractivity contribution in [1.29, 1.82) is 0 Å². The van der Waals surface area contributed by atoms with Gasteiger partial charge in [0.1, 0.15) is 5.01 Å². The summed E-state index contributed by atoms with van der Waals surface area (Å²) >= 11 is 10.8. The van der Waals surface area contributed by atoms with Gasteiger partial charge in [0.25, 0.3) is 0 Å². The average Bonchev–Trinajstić information content (AvgIpc) is 3.16. The van der Waals surface area contributed by atoms with Crippen molar-refractivity contribution in [3.8, 4) is 10.6 Å². The van der Waals surface area contributed by atoms with Gasteiger partial charge in [-0.1, -0.05) is 46.8 Å². The van der Waals surface area contributed by atoms with Crippen LogP contribution in [0.5, 0.6) is 0 Å². The first-order valence-electron chi connectivity index (χ1n) is 6.65. The van der Waals surface area contributed by atoms with Crippen LogP contribution in [0, 0.1) is 0 Å². The Morgan fingerprint density at radius 1 is 1.23 bits per heavy atom. The first kappa shape index (κ1) is 15.7. The molecule has 1 aromatic carbocycles. The molecule has 8 heteroatoms. The molecule has 0 aliphatic carbocycles. The van der Waals surface area contributed by atoms with Crippen molar-refractivity contribution >= 4 is 51.2 Å². The summed E-state index contributed by atoms with van der Waals surface area (Å²) in [5.41, 5.74) is 2.15. The molecule has 114 valence electrons. The maximum Gasteiger partial charge on any atom is 0.206 e. The summed E-state index contributed by atoms with van der Waals surface area (Å²) in [4.78, 5) is 4.66. The fraction of sp³-hybridized carbons (Fsp3) is 0.214. The lowest BCUT2D eigenvalue weighted by Gasteiger charge is -1.96. The predicted octanol–water partition coefficient (Wildman–Crippen LogP) is 5.04. The highest BCUT2D eigenvalue weighted by Gasteiger charge is 2.08. The van der Waals surface area contributed by atoms with Gasteiger partial charge in [0.05, 0.1) is 5.69 Å². The number of benzene rings is 1. The van der Waals surface area contributed by atoms with Crippen LogP contribution in [0.15, 0.2) is 34.0 Å². The van der Waals surface area contributed by atoms with E-state index >= 15 is 0 Å². The molecule has 2 aromatic heterocycles. The summed E-state index contributed by atoms with van der Waals surface area (Å²) in [5, 5.41) is 16.1. The van der Waals surface area contributed by atoms with Crippen LogP contribution in [-0.4, -0.2) is 21.7 Å². The van der Waals surface area contributed by atoms with Crippen molar-refractivity contribution in [3.05, 3.63) is 40.4 Å². The Morgan fingerprint density at radius 2 is 2.05 bits per heavy atom. The molecule has 1 N–H and O–H groups in total. The minimum atomic E-state index is 0.740. The minimum Gasteiger partial charge on any atom is -0.360 e. The monoisotopic (exact) mass is 368 g/mol. The normalized spacial score (nSPS) is 10.8. The molecule has 0 aliphatic heterocycles. The lowest BCUT2D eigenvalue weighted by atomic mass is 10.2. The summed E-state index contributed by atoms with van der Waals surface area (Å²) in [6.07, 6.45) is 0. The molecule has 2 heterocycles. The molecule has 0 saturated carbocycles. The Hall–Kier alpha value is -1.15. The first-order chi connectivity index (χ1) is 10.7. The van der Waals surface area contributed by atoms with E-state index in [4.69, 9.17) is 11.6 Å². The van der Waals surface area contributed by atoms with Crippen LogP contribution < -0.4 is 5.32 Å². The Bertz CT molecular complexity index is 739. The highest BCUT2D eigenvalue weighted by Crippen LogP contribution is 2.30. The number of rotatable bonds is 6. The predicted molar refractivity (Wildman–Crippen MR) is 96.2 cm³/mol. The third-order valence-corrected chi connectivity index (χ3v) is 5.96. The Morgan fingerprint density at radius 3 is 2.82 bits per heavy atom. The molecule has 0 unspecified atom stereocenters. The fourth-order valence-electron chi connectivity index (χ4n) is 1.72. The number of thioether (sulfide) groups is 1. The van der Waals surface area contributed by atoms with E-state index in [-0.39, 0.29) is 0 Å². The van der Waals surface area contributed by atoms with Crippen molar-refractivity contribution in [2.45, 2.75) is 17.0 Å². The molecule has 0 amide bonds. The summed E-state index contributed by atoms with van der Waals surface area (Å²) < 4.78 is 0.956. The van der Waals surface area contributed by atoms with Crippen molar-refractivity contribution in [2.24, 2.45) is 0 Å². The standard InChI is InChI=1S/C14H13ClN4S3/c1-2-16-13-18-19-14(22-13)21-8-11-7-20-12(17-11)9-3-5-10(15)6-4-9/h3-7H,2,8H2,1H3,(H,16,18). The van der Waals surface area contributed by atoms with E-state index < -0.39 is 0 Å². The summed E-state index contributed by atoms with van der Waals surface area (Å²) in [7, 11) is 0. The Kier molecular flexibility index (Phi) is 5.30. The fourth-order valence-corrected chi connectivity index (χ4v) is 4.49. The van der Waals surface area contributed by atoms with Crippen LogP contribution in [0.25, 0.3) is 10.6 Å². The smallest absolute Gasteiger partial charge is 0.206 e. The summed E-state index contributed by atoms with van der Waals surface area (Å²) in [6, 6.07) is 7.75. The molecule has 0 spiro atoms. The van der Waals surface area contributed by atoms with Gasteiger partial charge in [-0.2, -0.15) is 0 Å². The Labute approximate surface area is 146 Å². The molecule has 3 aromatic rings. The maximum absolute atomic E-state index is 5.91. The van der Waals surface area contributed by atoms with Gasteiger partial charge in [-0.15, -0.1) is 21.5 Å². The quantitative estimate of drug-likeness (QED) is 0.618. The number of halogens is 1.